The van der Waals surface area contributed by atoms with Crippen LogP contribution in [0.1, 0.15) is 219 Å². The molecule has 0 aromatic rings. The van der Waals surface area contributed by atoms with E-state index in [9.17, 15) is 39.8 Å². The third-order valence-electron chi connectivity index (χ3n) is 12.4. The van der Waals surface area contributed by atoms with Gasteiger partial charge in [0.1, 0.15) is 42.7 Å². The van der Waals surface area contributed by atoms with Gasteiger partial charge in [-0.05, 0) is 51.4 Å². The average Bonchev–Trinajstić information content (AvgIpc) is 3.32. The van der Waals surface area contributed by atoms with Crippen LogP contribution >= 0.6 is 7.82 Å². The highest BCUT2D eigenvalue weighted by molar-refractivity contribution is 7.47. The first-order chi connectivity index (χ1) is 33.0. The Morgan fingerprint density at radius 3 is 1.26 bits per heavy atom. The van der Waals surface area contributed by atoms with Gasteiger partial charge in [-0.3, -0.25) is 13.8 Å². The van der Waals surface area contributed by atoms with Crippen molar-refractivity contribution in [2.45, 2.75) is 262 Å². The molecular weight excluding hydrogens is 884 g/mol. The van der Waals surface area contributed by atoms with Crippen LogP contribution < -0.4 is 0 Å². The lowest BCUT2D eigenvalue weighted by atomic mass is 9.85. The Balaban J connectivity index is 2.32. The molecule has 396 valence electrons. The molecular formula is C55H99O12P. The highest BCUT2D eigenvalue weighted by Crippen LogP contribution is 2.47. The van der Waals surface area contributed by atoms with Gasteiger partial charge >= 0.3 is 13.8 Å². The molecule has 0 aliphatic heterocycles. The van der Waals surface area contributed by atoms with Gasteiger partial charge in [-0.25, -0.2) is 4.57 Å². The molecule has 0 spiro atoms. The number of aliphatic hydroxyl groups excluding tert-OH is 5. The fourth-order valence-electron chi connectivity index (χ4n) is 8.16. The lowest BCUT2D eigenvalue weighted by Gasteiger charge is -2.41. The highest BCUT2D eigenvalue weighted by Gasteiger charge is 2.51. The third-order valence-corrected chi connectivity index (χ3v) is 13.4. The van der Waals surface area contributed by atoms with Crippen molar-refractivity contribution in [1.82, 2.24) is 0 Å². The number of aliphatic hydroxyl groups is 5. The number of hydrogen-bond donors (Lipinski definition) is 6. The standard InChI is InChI=1S/C55H99O12P/c1-3-5-7-9-11-13-15-17-19-21-22-23-24-25-26-27-29-31-33-35-37-39-41-43-45-64-46-48(47-65-68(62,63)67-55-53(60)51(58)50(57)52(59)54(55)61)66-49(56)44-42-40-38-36-34-32-30-28-20-18-16-14-12-10-8-6-4-2/h6,8,12,14,18,20,30,32,36,38,48,50-55,57-61H,3-5,7,9-11,13,15-17,19,21-29,31,33-35,37,39-47H2,1-2H3,(H,62,63)/b8-6-,14-12-,20-18-,32-30-,38-36-. The summed E-state index contributed by atoms with van der Waals surface area (Å²) in [5.74, 6) is -0.531. The van der Waals surface area contributed by atoms with E-state index >= 15 is 0 Å². The molecule has 0 radical (unpaired) electrons. The molecule has 0 saturated heterocycles. The van der Waals surface area contributed by atoms with E-state index in [0.29, 0.717) is 19.4 Å². The van der Waals surface area contributed by atoms with E-state index < -0.39 is 63.1 Å². The fraction of sp³-hybridized carbons (Fsp3) is 0.800. The number of ether oxygens (including phenoxy) is 2. The number of phosphoric acid groups is 1. The highest BCUT2D eigenvalue weighted by atomic mass is 31.2. The van der Waals surface area contributed by atoms with E-state index in [1.165, 1.54) is 135 Å². The van der Waals surface area contributed by atoms with Crippen LogP contribution in [0.3, 0.4) is 0 Å². The molecule has 0 aromatic carbocycles. The molecule has 1 fully saturated rings. The number of allylic oxidation sites excluding steroid dienone is 10. The van der Waals surface area contributed by atoms with E-state index in [2.05, 4.69) is 62.5 Å². The topological polar surface area (TPSA) is 192 Å². The zero-order valence-corrected chi connectivity index (χ0v) is 43.5. The minimum Gasteiger partial charge on any atom is -0.457 e. The smallest absolute Gasteiger partial charge is 0.457 e. The first-order valence-corrected chi connectivity index (χ1v) is 28.6. The second kappa shape index (κ2) is 44.9. The van der Waals surface area contributed by atoms with Gasteiger partial charge in [0, 0.05) is 13.0 Å². The number of phosphoric ester groups is 1. The largest absolute Gasteiger partial charge is 0.472 e. The van der Waals surface area contributed by atoms with Crippen LogP contribution in [0.5, 0.6) is 0 Å². The predicted molar refractivity (Wildman–Crippen MR) is 276 cm³/mol. The molecule has 0 amide bonds. The van der Waals surface area contributed by atoms with Crippen LogP contribution in [0.25, 0.3) is 0 Å². The maximum atomic E-state index is 12.9. The summed E-state index contributed by atoms with van der Waals surface area (Å²) in [7, 11) is -5.04. The van der Waals surface area contributed by atoms with Crippen LogP contribution in [0.15, 0.2) is 60.8 Å². The van der Waals surface area contributed by atoms with Crippen LogP contribution in [-0.4, -0.2) is 98.9 Å². The Kier molecular flexibility index (Phi) is 42.3. The van der Waals surface area contributed by atoms with Gasteiger partial charge in [0.25, 0.3) is 0 Å². The van der Waals surface area contributed by atoms with Crippen molar-refractivity contribution < 1.29 is 58.3 Å². The molecule has 0 bridgehead atoms. The van der Waals surface area contributed by atoms with E-state index in [1.807, 2.05) is 12.2 Å². The van der Waals surface area contributed by atoms with Crippen molar-refractivity contribution in [3.8, 4) is 0 Å². The van der Waals surface area contributed by atoms with Gasteiger partial charge in [-0.2, -0.15) is 0 Å². The molecule has 12 nitrogen and oxygen atoms in total. The summed E-state index contributed by atoms with van der Waals surface area (Å²) < 4.78 is 34.3. The summed E-state index contributed by atoms with van der Waals surface area (Å²) in [6, 6.07) is 0. The summed E-state index contributed by atoms with van der Waals surface area (Å²) in [6.07, 6.45) is 45.9. The second-order valence-corrected chi connectivity index (χ2v) is 20.1. The van der Waals surface area contributed by atoms with Crippen LogP contribution in [-0.2, 0) is 27.9 Å². The number of carbonyl (C=O) groups excluding carboxylic acids is 1. The SMILES string of the molecule is CC/C=C\C/C=C\C/C=C\C/C=C\C/C=C\CCCC(=O)OC(COCCCCCCCCCCCCCCCCCCCCCCCCCC)COP(=O)(O)OC1C(O)C(O)C(O)C(O)C1O. The van der Waals surface area contributed by atoms with Crippen LogP contribution in [0, 0.1) is 0 Å². The first-order valence-electron chi connectivity index (χ1n) is 27.1. The molecule has 1 rings (SSSR count). The summed E-state index contributed by atoms with van der Waals surface area (Å²) in [4.78, 5) is 23.2. The number of rotatable bonds is 46. The quantitative estimate of drug-likeness (QED) is 0.0147. The minimum atomic E-state index is -5.04. The number of hydrogen-bond acceptors (Lipinski definition) is 11. The maximum absolute atomic E-state index is 12.9. The summed E-state index contributed by atoms with van der Waals surface area (Å²) in [6.45, 7) is 4.12. The molecule has 0 heterocycles. The van der Waals surface area contributed by atoms with Crippen LogP contribution in [0.2, 0.25) is 0 Å². The molecule has 1 aliphatic rings. The van der Waals surface area contributed by atoms with E-state index in [4.69, 9.17) is 18.5 Å². The maximum Gasteiger partial charge on any atom is 0.472 e. The number of carbonyl (C=O) groups is 1. The predicted octanol–water partition coefficient (Wildman–Crippen LogP) is 12.5. The second-order valence-electron chi connectivity index (χ2n) is 18.7. The monoisotopic (exact) mass is 983 g/mol. The van der Waals surface area contributed by atoms with Crippen LogP contribution in [0.4, 0.5) is 0 Å². The van der Waals surface area contributed by atoms with Gasteiger partial charge in [0.2, 0.25) is 0 Å². The van der Waals surface area contributed by atoms with E-state index in [1.54, 1.807) is 0 Å². The Morgan fingerprint density at radius 1 is 0.485 bits per heavy atom. The Bertz CT molecular complexity index is 1350. The Hall–Kier alpha value is -1.96. The lowest BCUT2D eigenvalue weighted by molar-refractivity contribution is -0.220. The third kappa shape index (κ3) is 36.0. The van der Waals surface area contributed by atoms with Crippen molar-refractivity contribution in [2.75, 3.05) is 19.8 Å². The summed E-state index contributed by atoms with van der Waals surface area (Å²) in [5.41, 5.74) is 0. The molecule has 68 heavy (non-hydrogen) atoms. The van der Waals surface area contributed by atoms with E-state index in [0.717, 1.165) is 51.4 Å². The zero-order valence-electron chi connectivity index (χ0n) is 42.6. The fourth-order valence-corrected chi connectivity index (χ4v) is 9.13. The average molecular weight is 983 g/mol. The molecule has 1 aliphatic carbocycles. The zero-order chi connectivity index (χ0) is 49.8. The Labute approximate surface area is 413 Å². The minimum absolute atomic E-state index is 0.0990. The normalized spacial score (nSPS) is 21.6. The van der Waals surface area contributed by atoms with E-state index in [-0.39, 0.29) is 13.0 Å². The molecule has 13 heteroatoms. The molecule has 6 N–H and O–H groups in total. The van der Waals surface area contributed by atoms with Gasteiger partial charge < -0.3 is 39.9 Å². The number of esters is 1. The van der Waals surface area contributed by atoms with Crippen molar-refractivity contribution in [3.63, 3.8) is 0 Å². The molecule has 1 saturated carbocycles. The van der Waals surface area contributed by atoms with Crippen molar-refractivity contribution in [2.24, 2.45) is 0 Å². The van der Waals surface area contributed by atoms with Gasteiger partial charge in [0.15, 0.2) is 0 Å². The summed E-state index contributed by atoms with van der Waals surface area (Å²) in [5, 5.41) is 50.3. The first kappa shape index (κ1) is 64.1. The lowest BCUT2D eigenvalue weighted by Crippen LogP contribution is -2.64. The molecule has 0 aromatic heterocycles. The van der Waals surface area contributed by atoms with Crippen molar-refractivity contribution in [1.29, 1.82) is 0 Å². The van der Waals surface area contributed by atoms with Gasteiger partial charge in [-0.15, -0.1) is 0 Å². The van der Waals surface area contributed by atoms with Gasteiger partial charge in [-0.1, -0.05) is 222 Å². The number of unbranched alkanes of at least 4 members (excludes halogenated alkanes) is 24. The Morgan fingerprint density at radius 2 is 0.853 bits per heavy atom. The van der Waals surface area contributed by atoms with Crippen molar-refractivity contribution >= 4 is 13.8 Å². The van der Waals surface area contributed by atoms with Gasteiger partial charge in [0.05, 0.1) is 13.2 Å². The van der Waals surface area contributed by atoms with Crippen molar-refractivity contribution in [3.05, 3.63) is 60.8 Å². The molecule has 6 atom stereocenters. The molecule has 6 unspecified atom stereocenters. The summed E-state index contributed by atoms with van der Waals surface area (Å²) >= 11 is 0.